The highest BCUT2D eigenvalue weighted by Crippen LogP contribution is 2.22. The monoisotopic (exact) mass is 211 g/mol. The van der Waals surface area contributed by atoms with Gasteiger partial charge in [-0.15, -0.1) is 0 Å². The molecule has 0 fully saturated rings. The predicted molar refractivity (Wildman–Crippen MR) is 58.0 cm³/mol. The van der Waals surface area contributed by atoms with Crippen LogP contribution in [0.1, 0.15) is 12.5 Å². The minimum absolute atomic E-state index is 0.230. The highest BCUT2D eigenvalue weighted by atomic mass is 16.5. The number of rotatable bonds is 5. The fourth-order valence-corrected chi connectivity index (χ4v) is 1.25. The van der Waals surface area contributed by atoms with E-state index in [0.29, 0.717) is 18.8 Å². The number of aliphatic hydroxyl groups is 1. The minimum Gasteiger partial charge on any atom is -0.508 e. The lowest BCUT2D eigenvalue weighted by atomic mass is 10.2. The molecule has 0 aliphatic rings. The Kier molecular flexibility index (Phi) is 4.39. The summed E-state index contributed by atoms with van der Waals surface area (Å²) >= 11 is 0. The van der Waals surface area contributed by atoms with E-state index >= 15 is 0 Å². The normalized spacial score (nSPS) is 12.5. The molecule has 15 heavy (non-hydrogen) atoms. The van der Waals surface area contributed by atoms with Gasteiger partial charge in [0, 0.05) is 18.7 Å². The summed E-state index contributed by atoms with van der Waals surface area (Å²) in [6.07, 6.45) is -0.391. The highest BCUT2D eigenvalue weighted by molar-refractivity contribution is 5.39. The van der Waals surface area contributed by atoms with E-state index in [1.807, 2.05) is 0 Å². The third-order valence-corrected chi connectivity index (χ3v) is 2.04. The van der Waals surface area contributed by atoms with Crippen LogP contribution in [0.5, 0.6) is 11.5 Å². The van der Waals surface area contributed by atoms with Gasteiger partial charge >= 0.3 is 0 Å². The van der Waals surface area contributed by atoms with E-state index in [4.69, 9.17) is 9.84 Å². The molecule has 0 bridgehead atoms. The van der Waals surface area contributed by atoms with Gasteiger partial charge in [0.1, 0.15) is 11.5 Å². The molecule has 0 amide bonds. The summed E-state index contributed by atoms with van der Waals surface area (Å²) in [5.74, 6) is 0.940. The van der Waals surface area contributed by atoms with Gasteiger partial charge in [0.15, 0.2) is 0 Å². The Morgan fingerprint density at radius 1 is 1.47 bits per heavy atom. The van der Waals surface area contributed by atoms with Crippen LogP contribution in [0.15, 0.2) is 18.2 Å². The number of aromatic hydroxyl groups is 1. The molecule has 0 aliphatic carbocycles. The van der Waals surface area contributed by atoms with Crippen molar-refractivity contribution < 1.29 is 14.9 Å². The molecule has 0 aliphatic heterocycles. The van der Waals surface area contributed by atoms with Gasteiger partial charge in [-0.3, -0.25) is 0 Å². The number of methoxy groups -OCH3 is 1. The molecule has 0 heterocycles. The first-order chi connectivity index (χ1) is 7.13. The Bertz CT molecular complexity index is 313. The summed E-state index contributed by atoms with van der Waals surface area (Å²) in [5, 5.41) is 21.6. The maximum Gasteiger partial charge on any atom is 0.120 e. The third kappa shape index (κ3) is 3.77. The van der Waals surface area contributed by atoms with Crippen LogP contribution in [0.25, 0.3) is 0 Å². The summed E-state index contributed by atoms with van der Waals surface area (Å²) < 4.78 is 5.05. The van der Waals surface area contributed by atoms with Gasteiger partial charge in [-0.1, -0.05) is 0 Å². The van der Waals surface area contributed by atoms with Crippen molar-refractivity contribution >= 4 is 0 Å². The lowest BCUT2D eigenvalue weighted by Gasteiger charge is -2.09. The van der Waals surface area contributed by atoms with Crippen molar-refractivity contribution in [2.45, 2.75) is 19.6 Å². The highest BCUT2D eigenvalue weighted by Gasteiger charge is 2.03. The van der Waals surface area contributed by atoms with Crippen molar-refractivity contribution in [3.8, 4) is 11.5 Å². The zero-order valence-electron chi connectivity index (χ0n) is 9.03. The molecule has 1 aromatic carbocycles. The first-order valence-electron chi connectivity index (χ1n) is 4.88. The quantitative estimate of drug-likeness (QED) is 0.676. The molecule has 84 valence electrons. The number of phenols is 1. The van der Waals surface area contributed by atoms with Gasteiger partial charge in [-0.2, -0.15) is 0 Å². The summed E-state index contributed by atoms with van der Waals surface area (Å²) in [6, 6.07) is 5.07. The van der Waals surface area contributed by atoms with Gasteiger partial charge in [0.2, 0.25) is 0 Å². The molecule has 0 saturated carbocycles. The van der Waals surface area contributed by atoms with Gasteiger partial charge in [-0.05, 0) is 25.1 Å². The number of hydrogen-bond donors (Lipinski definition) is 3. The number of nitrogens with one attached hydrogen (secondary N) is 1. The summed E-state index contributed by atoms with van der Waals surface area (Å²) in [6.45, 7) is 2.71. The maximum absolute atomic E-state index is 9.54. The van der Waals surface area contributed by atoms with Crippen LogP contribution in [-0.2, 0) is 6.54 Å². The fourth-order valence-electron chi connectivity index (χ4n) is 1.25. The van der Waals surface area contributed by atoms with Crippen LogP contribution in [-0.4, -0.2) is 30.0 Å². The van der Waals surface area contributed by atoms with Crippen molar-refractivity contribution in [3.05, 3.63) is 23.8 Å². The minimum atomic E-state index is -0.391. The summed E-state index contributed by atoms with van der Waals surface area (Å²) in [7, 11) is 1.58. The maximum atomic E-state index is 9.54. The summed E-state index contributed by atoms with van der Waals surface area (Å²) in [5.41, 5.74) is 0.759. The lowest BCUT2D eigenvalue weighted by Crippen LogP contribution is -2.23. The van der Waals surface area contributed by atoms with E-state index in [2.05, 4.69) is 5.32 Å². The zero-order valence-corrected chi connectivity index (χ0v) is 9.03. The summed E-state index contributed by atoms with van der Waals surface area (Å²) in [4.78, 5) is 0. The average Bonchev–Trinajstić information content (AvgIpc) is 2.20. The Labute approximate surface area is 89.5 Å². The molecule has 1 rings (SSSR count). The molecule has 4 nitrogen and oxygen atoms in total. The van der Waals surface area contributed by atoms with E-state index in [9.17, 15) is 5.11 Å². The van der Waals surface area contributed by atoms with Crippen molar-refractivity contribution in [1.29, 1.82) is 0 Å². The number of ether oxygens (including phenoxy) is 1. The number of benzene rings is 1. The third-order valence-electron chi connectivity index (χ3n) is 2.04. The van der Waals surface area contributed by atoms with Crippen LogP contribution in [0, 0.1) is 0 Å². The van der Waals surface area contributed by atoms with Crippen LogP contribution in [0.4, 0.5) is 0 Å². The van der Waals surface area contributed by atoms with Crippen LogP contribution >= 0.6 is 0 Å². The Balaban J connectivity index is 2.59. The molecule has 4 heteroatoms. The molecular weight excluding hydrogens is 194 g/mol. The molecular formula is C11H17NO3. The number of phenolic OH excluding ortho intramolecular Hbond substituents is 1. The number of aliphatic hydroxyl groups excluding tert-OH is 1. The molecule has 3 N–H and O–H groups in total. The van der Waals surface area contributed by atoms with E-state index in [-0.39, 0.29) is 5.75 Å². The van der Waals surface area contributed by atoms with Gasteiger partial charge in [0.05, 0.1) is 13.2 Å². The smallest absolute Gasteiger partial charge is 0.120 e. The van der Waals surface area contributed by atoms with Crippen molar-refractivity contribution in [1.82, 2.24) is 5.32 Å². The lowest BCUT2D eigenvalue weighted by molar-refractivity contribution is 0.191. The average molecular weight is 211 g/mol. The molecule has 1 atom stereocenters. The molecule has 1 aromatic rings. The van der Waals surface area contributed by atoms with Crippen molar-refractivity contribution in [2.75, 3.05) is 13.7 Å². The first-order valence-corrected chi connectivity index (χ1v) is 4.88. The van der Waals surface area contributed by atoms with Crippen LogP contribution < -0.4 is 10.1 Å². The first kappa shape index (κ1) is 11.8. The second kappa shape index (κ2) is 5.58. The zero-order chi connectivity index (χ0) is 11.3. The van der Waals surface area contributed by atoms with Gasteiger partial charge in [-0.25, -0.2) is 0 Å². The number of hydrogen-bond acceptors (Lipinski definition) is 4. The topological polar surface area (TPSA) is 61.7 Å². The Morgan fingerprint density at radius 2 is 2.20 bits per heavy atom. The molecule has 0 aromatic heterocycles. The van der Waals surface area contributed by atoms with E-state index in [1.165, 1.54) is 0 Å². The Hall–Kier alpha value is -1.26. The van der Waals surface area contributed by atoms with E-state index < -0.39 is 6.10 Å². The second-order valence-electron chi connectivity index (χ2n) is 3.47. The van der Waals surface area contributed by atoms with Crippen molar-refractivity contribution in [3.63, 3.8) is 0 Å². The SMILES string of the molecule is COc1ccc(O)c(CNC[C@@H](C)O)c1. The van der Waals surface area contributed by atoms with Crippen LogP contribution in [0.2, 0.25) is 0 Å². The second-order valence-corrected chi connectivity index (χ2v) is 3.47. The largest absolute Gasteiger partial charge is 0.508 e. The van der Waals surface area contributed by atoms with Gasteiger partial charge in [0.25, 0.3) is 0 Å². The fraction of sp³-hybridized carbons (Fsp3) is 0.455. The van der Waals surface area contributed by atoms with Gasteiger partial charge < -0.3 is 20.3 Å². The predicted octanol–water partition coefficient (Wildman–Crippen LogP) is 0.871. The molecule has 0 unspecified atom stereocenters. The van der Waals surface area contributed by atoms with Crippen LogP contribution in [0.3, 0.4) is 0 Å². The molecule has 0 spiro atoms. The van der Waals surface area contributed by atoms with E-state index in [0.717, 1.165) is 5.56 Å². The van der Waals surface area contributed by atoms with E-state index in [1.54, 1.807) is 32.2 Å². The van der Waals surface area contributed by atoms with Crippen molar-refractivity contribution in [2.24, 2.45) is 0 Å². The molecule has 0 saturated heterocycles. The molecule has 0 radical (unpaired) electrons. The Morgan fingerprint density at radius 3 is 2.80 bits per heavy atom. The standard InChI is InChI=1S/C11H17NO3/c1-8(13)6-12-7-9-5-10(15-2)3-4-11(9)14/h3-5,8,12-14H,6-7H2,1-2H3/t8-/m1/s1.